The fourth-order valence-corrected chi connectivity index (χ4v) is 3.12. The van der Waals surface area contributed by atoms with E-state index in [0.717, 1.165) is 9.37 Å². The van der Waals surface area contributed by atoms with Crippen LogP contribution in [0.1, 0.15) is 6.92 Å². The van der Waals surface area contributed by atoms with Gasteiger partial charge in [-0.3, -0.25) is 4.79 Å². The van der Waals surface area contributed by atoms with Crippen molar-refractivity contribution >= 4 is 39.3 Å². The van der Waals surface area contributed by atoms with Gasteiger partial charge in [-0.15, -0.1) is 11.8 Å². The molecule has 1 aliphatic rings. The Balaban J connectivity index is 1.62. The number of carbonyl (C=O) groups is 1. The lowest BCUT2D eigenvalue weighted by molar-refractivity contribution is -0.115. The summed E-state index contributed by atoms with van der Waals surface area (Å²) in [5, 5.41) is 2.70. The second-order valence-electron chi connectivity index (χ2n) is 4.77. The minimum atomic E-state index is -0.202. The first-order valence-electron chi connectivity index (χ1n) is 6.74. The van der Waals surface area contributed by atoms with Gasteiger partial charge in [-0.25, -0.2) is 0 Å². The third-order valence-corrected chi connectivity index (χ3v) is 4.78. The first kappa shape index (κ1) is 15.2. The Kier molecular flexibility index (Phi) is 4.59. The molecule has 0 spiro atoms. The quantitative estimate of drug-likeness (QED) is 0.804. The van der Waals surface area contributed by atoms with Crippen LogP contribution in [0.3, 0.4) is 0 Å². The summed E-state index contributed by atoms with van der Waals surface area (Å²) in [6, 6.07) is 13.3. The van der Waals surface area contributed by atoms with Gasteiger partial charge in [0, 0.05) is 21.1 Å². The molecular weight excluding hydrogens is 366 g/mol. The third-order valence-electron chi connectivity index (χ3n) is 3.14. The number of thioether (sulfide) groups is 1. The minimum Gasteiger partial charge on any atom is -0.454 e. The number of rotatable bonds is 4. The highest BCUT2D eigenvalue weighted by Gasteiger charge is 2.17. The molecule has 2 aromatic rings. The molecule has 0 aliphatic carbocycles. The minimum absolute atomic E-state index is 0.0493. The van der Waals surface area contributed by atoms with E-state index in [0.29, 0.717) is 17.2 Å². The number of hydrogen-bond acceptors (Lipinski definition) is 4. The molecule has 0 radical (unpaired) electrons. The molecule has 114 valence electrons. The maximum Gasteiger partial charge on any atom is 0.237 e. The van der Waals surface area contributed by atoms with Crippen molar-refractivity contribution in [2.75, 3.05) is 12.1 Å². The van der Waals surface area contributed by atoms with E-state index in [4.69, 9.17) is 9.47 Å². The standard InChI is InChI=1S/C16H14BrNO3S/c1-10(22-13-5-2-11(17)3-6-13)16(19)18-12-4-7-14-15(8-12)21-9-20-14/h2-8,10H,9H2,1H3,(H,18,19)/t10-/m0/s1. The van der Waals surface area contributed by atoms with Gasteiger partial charge in [-0.2, -0.15) is 0 Å². The van der Waals surface area contributed by atoms with Crippen molar-refractivity contribution in [3.8, 4) is 11.5 Å². The van der Waals surface area contributed by atoms with Crippen LogP contribution in [0.15, 0.2) is 51.8 Å². The second kappa shape index (κ2) is 6.62. The van der Waals surface area contributed by atoms with Gasteiger partial charge >= 0.3 is 0 Å². The Bertz CT molecular complexity index is 690. The molecule has 6 heteroatoms. The van der Waals surface area contributed by atoms with Crippen LogP contribution in [-0.4, -0.2) is 18.0 Å². The van der Waals surface area contributed by atoms with E-state index in [1.807, 2.05) is 37.3 Å². The summed E-state index contributed by atoms with van der Waals surface area (Å²) in [4.78, 5) is 13.3. The average molecular weight is 380 g/mol. The largest absolute Gasteiger partial charge is 0.454 e. The highest BCUT2D eigenvalue weighted by atomic mass is 79.9. The van der Waals surface area contributed by atoms with E-state index in [2.05, 4.69) is 21.2 Å². The number of fused-ring (bicyclic) bond motifs is 1. The van der Waals surface area contributed by atoms with Gasteiger partial charge in [0.2, 0.25) is 12.7 Å². The van der Waals surface area contributed by atoms with Crippen molar-refractivity contribution in [1.29, 1.82) is 0 Å². The summed E-state index contributed by atoms with van der Waals surface area (Å²) < 4.78 is 11.6. The first-order chi connectivity index (χ1) is 10.6. The van der Waals surface area contributed by atoms with Gasteiger partial charge in [0.15, 0.2) is 11.5 Å². The van der Waals surface area contributed by atoms with Crippen LogP contribution in [0, 0.1) is 0 Å². The van der Waals surface area contributed by atoms with Gasteiger partial charge < -0.3 is 14.8 Å². The molecule has 1 amide bonds. The first-order valence-corrected chi connectivity index (χ1v) is 8.42. The Labute approximate surface area is 141 Å². The molecule has 0 fully saturated rings. The molecule has 0 saturated heterocycles. The monoisotopic (exact) mass is 379 g/mol. The molecule has 3 rings (SSSR count). The number of anilines is 1. The molecule has 1 aliphatic heterocycles. The second-order valence-corrected chi connectivity index (χ2v) is 7.10. The van der Waals surface area contributed by atoms with E-state index in [-0.39, 0.29) is 18.0 Å². The molecule has 1 atom stereocenters. The van der Waals surface area contributed by atoms with Gasteiger partial charge in [-0.05, 0) is 43.3 Å². The van der Waals surface area contributed by atoms with Gasteiger partial charge in [0.1, 0.15) is 0 Å². The SMILES string of the molecule is C[C@H](Sc1ccc(Br)cc1)C(=O)Nc1ccc2c(c1)OCO2. The van der Waals surface area contributed by atoms with Crippen molar-refractivity contribution in [3.63, 3.8) is 0 Å². The van der Waals surface area contributed by atoms with Crippen molar-refractivity contribution in [3.05, 3.63) is 46.9 Å². The van der Waals surface area contributed by atoms with Crippen LogP contribution in [0.4, 0.5) is 5.69 Å². The zero-order valence-electron chi connectivity index (χ0n) is 11.8. The molecule has 0 saturated carbocycles. The lowest BCUT2D eigenvalue weighted by Gasteiger charge is -2.12. The summed E-state index contributed by atoms with van der Waals surface area (Å²) in [6.45, 7) is 2.11. The molecule has 0 unspecified atom stereocenters. The van der Waals surface area contributed by atoms with E-state index < -0.39 is 0 Å². The number of amides is 1. The highest BCUT2D eigenvalue weighted by molar-refractivity contribution is 9.10. The summed E-state index contributed by atoms with van der Waals surface area (Å²) in [6.07, 6.45) is 0. The van der Waals surface area contributed by atoms with Crippen LogP contribution >= 0.6 is 27.7 Å². The smallest absolute Gasteiger partial charge is 0.237 e. The summed E-state index contributed by atoms with van der Waals surface area (Å²) in [5.41, 5.74) is 0.706. The molecule has 1 heterocycles. The van der Waals surface area contributed by atoms with Crippen molar-refractivity contribution in [2.45, 2.75) is 17.1 Å². The fourth-order valence-electron chi connectivity index (χ4n) is 1.99. The van der Waals surface area contributed by atoms with Crippen LogP contribution in [0.5, 0.6) is 11.5 Å². The van der Waals surface area contributed by atoms with E-state index in [1.165, 1.54) is 11.8 Å². The molecule has 0 bridgehead atoms. The van der Waals surface area contributed by atoms with Crippen molar-refractivity contribution in [1.82, 2.24) is 0 Å². The van der Waals surface area contributed by atoms with E-state index >= 15 is 0 Å². The number of nitrogens with one attached hydrogen (secondary N) is 1. The predicted molar refractivity (Wildman–Crippen MR) is 90.7 cm³/mol. The predicted octanol–water partition coefficient (Wildman–Crippen LogP) is 4.30. The van der Waals surface area contributed by atoms with E-state index in [1.54, 1.807) is 12.1 Å². The van der Waals surface area contributed by atoms with Crippen LogP contribution in [0.25, 0.3) is 0 Å². The molecule has 0 aromatic heterocycles. The number of ether oxygens (including phenoxy) is 2. The summed E-state index contributed by atoms with van der Waals surface area (Å²) in [7, 11) is 0. The van der Waals surface area contributed by atoms with Crippen molar-refractivity contribution in [2.24, 2.45) is 0 Å². The molecule has 2 aromatic carbocycles. The van der Waals surface area contributed by atoms with Gasteiger partial charge in [0.25, 0.3) is 0 Å². The summed E-state index contributed by atoms with van der Waals surface area (Å²) in [5.74, 6) is 1.31. The number of carbonyl (C=O) groups excluding carboxylic acids is 1. The summed E-state index contributed by atoms with van der Waals surface area (Å²) >= 11 is 4.91. The maximum absolute atomic E-state index is 12.3. The number of benzene rings is 2. The fraction of sp³-hybridized carbons (Fsp3) is 0.188. The maximum atomic E-state index is 12.3. The van der Waals surface area contributed by atoms with Gasteiger partial charge in [-0.1, -0.05) is 15.9 Å². The zero-order valence-corrected chi connectivity index (χ0v) is 14.2. The Morgan fingerprint density at radius 1 is 1.18 bits per heavy atom. The number of halogens is 1. The van der Waals surface area contributed by atoms with Crippen LogP contribution in [-0.2, 0) is 4.79 Å². The van der Waals surface area contributed by atoms with Crippen LogP contribution < -0.4 is 14.8 Å². The molecule has 4 nitrogen and oxygen atoms in total. The van der Waals surface area contributed by atoms with Crippen molar-refractivity contribution < 1.29 is 14.3 Å². The van der Waals surface area contributed by atoms with E-state index in [9.17, 15) is 4.79 Å². The van der Waals surface area contributed by atoms with Gasteiger partial charge in [0.05, 0.1) is 5.25 Å². The lowest BCUT2D eigenvalue weighted by Crippen LogP contribution is -2.22. The Morgan fingerprint density at radius 2 is 1.91 bits per heavy atom. The Morgan fingerprint density at radius 3 is 2.68 bits per heavy atom. The highest BCUT2D eigenvalue weighted by Crippen LogP contribution is 2.34. The number of hydrogen-bond donors (Lipinski definition) is 1. The Hall–Kier alpha value is -1.66. The van der Waals surface area contributed by atoms with Crippen LogP contribution in [0.2, 0.25) is 0 Å². The molecular formula is C16H14BrNO3S. The normalized spacial score (nSPS) is 13.7. The molecule has 1 N–H and O–H groups in total. The lowest BCUT2D eigenvalue weighted by atomic mass is 10.2. The topological polar surface area (TPSA) is 47.6 Å². The molecule has 22 heavy (non-hydrogen) atoms. The average Bonchev–Trinajstić information content (AvgIpc) is 2.97. The zero-order chi connectivity index (χ0) is 15.5. The third kappa shape index (κ3) is 3.56.